The molecule has 1 saturated carbocycles. The van der Waals surface area contributed by atoms with Gasteiger partial charge in [0, 0.05) is 50.5 Å². The van der Waals surface area contributed by atoms with Gasteiger partial charge in [-0.25, -0.2) is 8.42 Å². The highest BCUT2D eigenvalue weighted by Gasteiger charge is 2.27. The number of nitrogens with zero attached hydrogens (tertiary/aromatic N) is 3. The molecule has 30 heavy (non-hydrogen) atoms. The zero-order valence-corrected chi connectivity index (χ0v) is 19.8. The van der Waals surface area contributed by atoms with Gasteiger partial charge in [-0.3, -0.25) is 14.8 Å². The van der Waals surface area contributed by atoms with Crippen LogP contribution in [0, 0.1) is 0 Å². The fourth-order valence-electron chi connectivity index (χ4n) is 3.98. The van der Waals surface area contributed by atoms with Crippen LogP contribution in [0.5, 0.6) is 0 Å². The molecule has 1 aromatic carbocycles. The van der Waals surface area contributed by atoms with E-state index in [2.05, 4.69) is 26.9 Å². The number of hydrogen-bond donors (Lipinski definition) is 0. The zero-order valence-electron chi connectivity index (χ0n) is 17.4. The van der Waals surface area contributed by atoms with Crippen molar-refractivity contribution in [2.45, 2.75) is 43.7 Å². The van der Waals surface area contributed by atoms with Crippen molar-refractivity contribution in [1.82, 2.24) is 14.8 Å². The summed E-state index contributed by atoms with van der Waals surface area (Å²) in [5.74, 6) is 0.123. The summed E-state index contributed by atoms with van der Waals surface area (Å²) in [5, 5.41) is 0. The van der Waals surface area contributed by atoms with Crippen molar-refractivity contribution in [2.75, 3.05) is 31.9 Å². The van der Waals surface area contributed by atoms with Crippen LogP contribution in [0.4, 0.5) is 0 Å². The van der Waals surface area contributed by atoms with Gasteiger partial charge in [-0.15, -0.1) is 24.8 Å². The second-order valence-electron chi connectivity index (χ2n) is 7.86. The maximum atomic E-state index is 11.9. The third kappa shape index (κ3) is 5.74. The zero-order chi connectivity index (χ0) is 19.6. The number of piperazine rings is 1. The molecular weight excluding hydrogens is 441 g/mol. The Morgan fingerprint density at radius 1 is 0.933 bits per heavy atom. The van der Waals surface area contributed by atoms with Crippen molar-refractivity contribution in [3.63, 3.8) is 0 Å². The molecule has 5 nitrogen and oxygen atoms in total. The van der Waals surface area contributed by atoms with Gasteiger partial charge in [-0.05, 0) is 36.6 Å². The normalized spacial score (nSPS) is 18.2. The van der Waals surface area contributed by atoms with Gasteiger partial charge in [-0.2, -0.15) is 0 Å². The average Bonchev–Trinajstić information content (AvgIpc) is 2.69. The predicted octanol–water partition coefficient (Wildman–Crippen LogP) is 4.06. The monoisotopic (exact) mass is 471 g/mol. The Morgan fingerprint density at radius 2 is 1.57 bits per heavy atom. The molecule has 0 N–H and O–H groups in total. The van der Waals surface area contributed by atoms with Gasteiger partial charge < -0.3 is 0 Å². The number of rotatable bonds is 6. The summed E-state index contributed by atoms with van der Waals surface area (Å²) in [4.78, 5) is 10.2. The van der Waals surface area contributed by atoms with Crippen LogP contribution >= 0.6 is 24.8 Å². The second-order valence-corrected chi connectivity index (χ2v) is 10.1. The summed E-state index contributed by atoms with van der Waals surface area (Å²) >= 11 is 0. The molecule has 2 heterocycles. The number of halogens is 2. The van der Waals surface area contributed by atoms with E-state index in [1.807, 2.05) is 18.3 Å². The van der Waals surface area contributed by atoms with Gasteiger partial charge in [0.15, 0.2) is 9.84 Å². The van der Waals surface area contributed by atoms with E-state index in [4.69, 9.17) is 0 Å². The van der Waals surface area contributed by atoms with Crippen molar-refractivity contribution in [3.8, 4) is 11.1 Å². The number of hydrogen-bond acceptors (Lipinski definition) is 5. The van der Waals surface area contributed by atoms with Crippen LogP contribution in [-0.4, -0.2) is 61.2 Å². The van der Waals surface area contributed by atoms with E-state index in [0.29, 0.717) is 4.90 Å². The first-order valence-electron chi connectivity index (χ1n) is 10.3. The van der Waals surface area contributed by atoms with E-state index >= 15 is 0 Å². The van der Waals surface area contributed by atoms with Crippen LogP contribution < -0.4 is 0 Å². The lowest BCUT2D eigenvalue weighted by molar-refractivity contribution is 0.0583. The summed E-state index contributed by atoms with van der Waals surface area (Å²) in [6.07, 6.45) is 6.06. The minimum atomic E-state index is -3.15. The van der Waals surface area contributed by atoms with Crippen LogP contribution in [-0.2, 0) is 16.4 Å². The quantitative estimate of drug-likeness (QED) is 0.635. The molecule has 1 aromatic heterocycles. The number of benzene rings is 1. The van der Waals surface area contributed by atoms with Crippen LogP contribution in [0.3, 0.4) is 0 Å². The van der Waals surface area contributed by atoms with Gasteiger partial charge in [-0.1, -0.05) is 31.5 Å². The summed E-state index contributed by atoms with van der Waals surface area (Å²) in [6, 6.07) is 12.1. The van der Waals surface area contributed by atoms with E-state index in [-0.39, 0.29) is 30.6 Å². The minimum Gasteiger partial charge on any atom is -0.298 e. The molecule has 0 bridgehead atoms. The highest BCUT2D eigenvalue weighted by atomic mass is 35.5. The number of pyridine rings is 1. The lowest BCUT2D eigenvalue weighted by Crippen LogP contribution is -2.51. The third-order valence-electron chi connectivity index (χ3n) is 6.14. The third-order valence-corrected chi connectivity index (χ3v) is 7.89. The Hall–Kier alpha value is -1.18. The Bertz CT molecular complexity index is 893. The highest BCUT2D eigenvalue weighted by Crippen LogP contribution is 2.26. The largest absolute Gasteiger partial charge is 0.298 e. The van der Waals surface area contributed by atoms with Gasteiger partial charge >= 0.3 is 0 Å². The average molecular weight is 472 g/mol. The summed E-state index contributed by atoms with van der Waals surface area (Å²) in [7, 11) is -3.15. The molecule has 4 rings (SSSR count). The first-order valence-corrected chi connectivity index (χ1v) is 11.9. The standard InChI is InChI=1S/C22H29N3O2S.2ClH/c1-2-28(26,27)22-10-7-18(8-11-22)19-6-9-20(23-16-19)17-24-12-14-25(15-13-24)21-4-3-5-21;;/h6-11,16,21H,2-5,12-15,17H2,1H3;2*1H. The molecule has 2 fully saturated rings. The minimum absolute atomic E-state index is 0. The maximum Gasteiger partial charge on any atom is 0.178 e. The molecule has 1 aliphatic heterocycles. The van der Waals surface area contributed by atoms with Gasteiger partial charge in [0.05, 0.1) is 16.3 Å². The maximum absolute atomic E-state index is 11.9. The number of aromatic nitrogens is 1. The van der Waals surface area contributed by atoms with Gasteiger partial charge in [0.25, 0.3) is 0 Å². The smallest absolute Gasteiger partial charge is 0.178 e. The van der Waals surface area contributed by atoms with Crippen molar-refractivity contribution in [1.29, 1.82) is 0 Å². The Morgan fingerprint density at radius 3 is 2.07 bits per heavy atom. The molecule has 2 aromatic rings. The Kier molecular flexibility index (Phi) is 9.13. The molecule has 0 atom stereocenters. The molecule has 0 unspecified atom stereocenters. The van der Waals surface area contributed by atoms with Crippen molar-refractivity contribution < 1.29 is 8.42 Å². The SMILES string of the molecule is CCS(=O)(=O)c1ccc(-c2ccc(CN3CCN(C4CCC4)CC3)nc2)cc1.Cl.Cl. The molecule has 166 valence electrons. The molecule has 2 aliphatic rings. The van der Waals surface area contributed by atoms with E-state index in [0.717, 1.165) is 42.5 Å². The van der Waals surface area contributed by atoms with E-state index in [9.17, 15) is 8.42 Å². The van der Waals surface area contributed by atoms with Crippen molar-refractivity contribution in [3.05, 3.63) is 48.3 Å². The Balaban J connectivity index is 0.00000160. The second kappa shape index (κ2) is 10.9. The summed E-state index contributed by atoms with van der Waals surface area (Å²) < 4.78 is 23.9. The first kappa shape index (κ1) is 25.1. The molecule has 0 radical (unpaired) electrons. The fourth-order valence-corrected chi connectivity index (χ4v) is 4.86. The molecule has 0 amide bonds. The molecule has 1 aliphatic carbocycles. The van der Waals surface area contributed by atoms with Crippen LogP contribution in [0.1, 0.15) is 31.9 Å². The van der Waals surface area contributed by atoms with E-state index < -0.39 is 9.84 Å². The van der Waals surface area contributed by atoms with Crippen LogP contribution in [0.2, 0.25) is 0 Å². The molecule has 0 spiro atoms. The highest BCUT2D eigenvalue weighted by molar-refractivity contribution is 7.91. The summed E-state index contributed by atoms with van der Waals surface area (Å²) in [6.45, 7) is 7.15. The van der Waals surface area contributed by atoms with Crippen LogP contribution in [0.25, 0.3) is 11.1 Å². The predicted molar refractivity (Wildman–Crippen MR) is 126 cm³/mol. The Labute approximate surface area is 192 Å². The van der Waals surface area contributed by atoms with Crippen molar-refractivity contribution in [2.24, 2.45) is 0 Å². The molecule has 1 saturated heterocycles. The van der Waals surface area contributed by atoms with Crippen molar-refractivity contribution >= 4 is 34.7 Å². The first-order chi connectivity index (χ1) is 13.5. The molecule has 8 heteroatoms. The number of sulfone groups is 1. The fraction of sp³-hybridized carbons (Fsp3) is 0.500. The van der Waals surface area contributed by atoms with Gasteiger partial charge in [0.2, 0.25) is 0 Å². The lowest BCUT2D eigenvalue weighted by Gasteiger charge is -2.42. The van der Waals surface area contributed by atoms with E-state index in [1.54, 1.807) is 19.1 Å². The topological polar surface area (TPSA) is 53.5 Å². The lowest BCUT2D eigenvalue weighted by atomic mass is 9.91. The van der Waals surface area contributed by atoms with Crippen LogP contribution in [0.15, 0.2) is 47.5 Å². The van der Waals surface area contributed by atoms with E-state index in [1.165, 1.54) is 32.4 Å². The molecular formula is C22H31Cl2N3O2S. The van der Waals surface area contributed by atoms with Gasteiger partial charge in [0.1, 0.15) is 0 Å². The summed E-state index contributed by atoms with van der Waals surface area (Å²) in [5.41, 5.74) is 3.09.